The van der Waals surface area contributed by atoms with Gasteiger partial charge < -0.3 is 4.42 Å². The molecule has 1 fully saturated rings. The highest BCUT2D eigenvalue weighted by Gasteiger charge is 2.27. The number of aromatic nitrogens is 5. The highest BCUT2D eigenvalue weighted by Crippen LogP contribution is 2.37. The smallest absolute Gasteiger partial charge is 0.257 e. The van der Waals surface area contributed by atoms with Crippen molar-refractivity contribution in [2.45, 2.75) is 49.6 Å². The van der Waals surface area contributed by atoms with E-state index in [1.165, 1.54) is 43.2 Å². The quantitative estimate of drug-likeness (QED) is 0.302. The summed E-state index contributed by atoms with van der Waals surface area (Å²) in [6.45, 7) is 6.26. The average molecular weight is 485 g/mol. The molecular weight excluding hydrogens is 459 g/mol. The Morgan fingerprint density at radius 1 is 1.00 bits per heavy atom. The largest absolute Gasteiger partial charge is 0.419 e. The highest BCUT2D eigenvalue weighted by atomic mass is 32.2. The van der Waals surface area contributed by atoms with Crippen molar-refractivity contribution in [1.82, 2.24) is 29.9 Å². The minimum absolute atomic E-state index is 0.0985. The van der Waals surface area contributed by atoms with Crippen molar-refractivity contribution in [2.24, 2.45) is 0 Å². The number of benzene rings is 1. The van der Waals surface area contributed by atoms with Gasteiger partial charge in [-0.15, -0.1) is 31.7 Å². The first-order chi connectivity index (χ1) is 16.1. The van der Waals surface area contributed by atoms with E-state index in [0.29, 0.717) is 16.9 Å². The van der Waals surface area contributed by atoms with Gasteiger partial charge in [0, 0.05) is 5.69 Å². The van der Waals surface area contributed by atoms with Crippen LogP contribution in [0.25, 0.3) is 16.5 Å². The third-order valence-corrected chi connectivity index (χ3v) is 7.75. The van der Waals surface area contributed by atoms with Crippen LogP contribution in [0.15, 0.2) is 51.4 Å². The normalized spacial score (nSPS) is 16.7. The summed E-state index contributed by atoms with van der Waals surface area (Å²) in [6.07, 6.45) is 3.65. The van der Waals surface area contributed by atoms with Gasteiger partial charge in [-0.3, -0.25) is 9.47 Å². The molecule has 2 unspecified atom stereocenters. The number of nitrogens with zero attached hydrogens (tertiary/aromatic N) is 6. The highest BCUT2D eigenvalue weighted by molar-refractivity contribution is 7.99. The molecule has 1 saturated heterocycles. The van der Waals surface area contributed by atoms with Crippen molar-refractivity contribution >= 4 is 23.1 Å². The van der Waals surface area contributed by atoms with E-state index in [4.69, 9.17) is 4.42 Å². The van der Waals surface area contributed by atoms with Crippen molar-refractivity contribution in [3.05, 3.63) is 59.3 Å². The van der Waals surface area contributed by atoms with Crippen molar-refractivity contribution in [1.29, 1.82) is 0 Å². The molecule has 0 amide bonds. The van der Waals surface area contributed by atoms with E-state index < -0.39 is 0 Å². The zero-order valence-corrected chi connectivity index (χ0v) is 20.2. The number of piperidine rings is 1. The van der Waals surface area contributed by atoms with Crippen LogP contribution in [0, 0.1) is 5.82 Å². The molecule has 0 radical (unpaired) electrons. The van der Waals surface area contributed by atoms with Gasteiger partial charge >= 0.3 is 0 Å². The van der Waals surface area contributed by atoms with Crippen LogP contribution in [-0.4, -0.2) is 43.0 Å². The summed E-state index contributed by atoms with van der Waals surface area (Å²) in [5.74, 6) is 1.63. The number of likely N-dealkylation sites (tertiary alicyclic amines) is 1. The fourth-order valence-electron chi connectivity index (χ4n) is 4.04. The van der Waals surface area contributed by atoms with Gasteiger partial charge in [-0.05, 0) is 75.5 Å². The molecule has 1 aliphatic rings. The summed E-state index contributed by atoms with van der Waals surface area (Å²) in [6, 6.07) is 10.5. The zero-order chi connectivity index (χ0) is 22.8. The van der Waals surface area contributed by atoms with Gasteiger partial charge in [0.1, 0.15) is 5.82 Å². The van der Waals surface area contributed by atoms with Crippen molar-refractivity contribution < 1.29 is 8.81 Å². The maximum atomic E-state index is 13.6. The molecule has 1 aromatic carbocycles. The second-order valence-electron chi connectivity index (χ2n) is 8.11. The van der Waals surface area contributed by atoms with Crippen LogP contribution in [0.5, 0.6) is 0 Å². The second kappa shape index (κ2) is 9.74. The average Bonchev–Trinajstić information content (AvgIpc) is 3.60. The van der Waals surface area contributed by atoms with Crippen LogP contribution >= 0.6 is 23.1 Å². The predicted octanol–water partition coefficient (Wildman–Crippen LogP) is 5.92. The molecule has 10 heteroatoms. The molecular formula is C23H25FN6OS2. The van der Waals surface area contributed by atoms with Crippen LogP contribution in [-0.2, 0) is 0 Å². The molecule has 1 aliphatic heterocycles. The molecule has 5 rings (SSSR count). The number of halogens is 1. The Morgan fingerprint density at radius 3 is 2.52 bits per heavy atom. The maximum Gasteiger partial charge on any atom is 0.257 e. The van der Waals surface area contributed by atoms with E-state index in [1.54, 1.807) is 23.5 Å². The molecule has 0 N–H and O–H groups in total. The Hall–Kier alpha value is -2.56. The van der Waals surface area contributed by atoms with Crippen LogP contribution in [0.3, 0.4) is 0 Å². The van der Waals surface area contributed by atoms with E-state index in [1.807, 2.05) is 29.0 Å². The van der Waals surface area contributed by atoms with Crippen molar-refractivity contribution in [3.8, 4) is 16.5 Å². The Morgan fingerprint density at radius 2 is 1.79 bits per heavy atom. The van der Waals surface area contributed by atoms with Gasteiger partial charge in [0.2, 0.25) is 5.89 Å². The summed E-state index contributed by atoms with van der Waals surface area (Å²) in [4.78, 5) is 3.38. The fourth-order valence-corrected chi connectivity index (χ4v) is 5.59. The molecule has 0 saturated carbocycles. The van der Waals surface area contributed by atoms with Gasteiger partial charge in [0.05, 0.1) is 16.2 Å². The molecule has 4 aromatic rings. The standard InChI is InChI=1S/C23H25FN6OS2/c1-15(29-12-4-3-5-13-29)20-25-28-23(30(20)18-10-8-17(24)9-11-18)33-16(2)21-26-27-22(31-21)19-7-6-14-32-19/h6-11,14-16H,3-5,12-13H2,1-2H3. The molecule has 0 spiro atoms. The number of thioether (sulfide) groups is 1. The van der Waals surface area contributed by atoms with Crippen molar-refractivity contribution in [2.75, 3.05) is 13.1 Å². The number of rotatable bonds is 7. The van der Waals surface area contributed by atoms with Crippen molar-refractivity contribution in [3.63, 3.8) is 0 Å². The molecule has 33 heavy (non-hydrogen) atoms. The molecule has 0 bridgehead atoms. The lowest BCUT2D eigenvalue weighted by Gasteiger charge is -2.31. The summed E-state index contributed by atoms with van der Waals surface area (Å²) >= 11 is 3.06. The lowest BCUT2D eigenvalue weighted by Crippen LogP contribution is -2.33. The second-order valence-corrected chi connectivity index (χ2v) is 10.4. The van der Waals surface area contributed by atoms with E-state index >= 15 is 0 Å². The number of hydrogen-bond acceptors (Lipinski definition) is 8. The maximum absolute atomic E-state index is 13.6. The predicted molar refractivity (Wildman–Crippen MR) is 127 cm³/mol. The monoisotopic (exact) mass is 484 g/mol. The molecule has 2 atom stereocenters. The van der Waals surface area contributed by atoms with E-state index in [-0.39, 0.29) is 17.1 Å². The Labute approximate surface area is 200 Å². The van der Waals surface area contributed by atoms with Gasteiger partial charge in [-0.2, -0.15) is 0 Å². The summed E-state index contributed by atoms with van der Waals surface area (Å²) in [5, 5.41) is 20.1. The Bertz CT molecular complexity index is 1180. The molecule has 3 aromatic heterocycles. The zero-order valence-electron chi connectivity index (χ0n) is 18.5. The van der Waals surface area contributed by atoms with Gasteiger partial charge in [0.15, 0.2) is 11.0 Å². The van der Waals surface area contributed by atoms with Crippen LogP contribution in [0.4, 0.5) is 4.39 Å². The summed E-state index contributed by atoms with van der Waals surface area (Å²) < 4.78 is 21.6. The Balaban J connectivity index is 1.45. The van der Waals surface area contributed by atoms with E-state index in [2.05, 4.69) is 32.2 Å². The van der Waals surface area contributed by atoms with Crippen LogP contribution < -0.4 is 0 Å². The summed E-state index contributed by atoms with van der Waals surface area (Å²) in [5.41, 5.74) is 0.833. The van der Waals surface area contributed by atoms with Gasteiger partial charge in [-0.1, -0.05) is 24.2 Å². The molecule has 7 nitrogen and oxygen atoms in total. The number of hydrogen-bond donors (Lipinski definition) is 0. The van der Waals surface area contributed by atoms with Gasteiger partial charge in [-0.25, -0.2) is 4.39 Å². The third-order valence-electron chi connectivity index (χ3n) is 5.86. The minimum atomic E-state index is -0.271. The van der Waals surface area contributed by atoms with Gasteiger partial charge in [0.25, 0.3) is 5.89 Å². The fraction of sp³-hybridized carbons (Fsp3) is 0.391. The Kier molecular flexibility index (Phi) is 6.57. The molecule has 0 aliphatic carbocycles. The first-order valence-electron chi connectivity index (χ1n) is 11.1. The lowest BCUT2D eigenvalue weighted by atomic mass is 10.1. The molecule has 4 heterocycles. The SMILES string of the molecule is CC(Sc1nnc(C(C)N2CCCCC2)n1-c1ccc(F)cc1)c1nnc(-c2cccs2)o1. The first kappa shape index (κ1) is 22.2. The lowest BCUT2D eigenvalue weighted by molar-refractivity contribution is 0.167. The summed E-state index contributed by atoms with van der Waals surface area (Å²) in [7, 11) is 0. The van der Waals surface area contributed by atoms with Crippen LogP contribution in [0.2, 0.25) is 0 Å². The number of thiophene rings is 1. The van der Waals surface area contributed by atoms with Crippen LogP contribution in [0.1, 0.15) is 56.1 Å². The van der Waals surface area contributed by atoms with E-state index in [9.17, 15) is 4.39 Å². The topological polar surface area (TPSA) is 72.9 Å². The first-order valence-corrected chi connectivity index (χ1v) is 12.9. The minimum Gasteiger partial charge on any atom is -0.419 e. The third kappa shape index (κ3) is 4.73. The molecule has 172 valence electrons. The van der Waals surface area contributed by atoms with E-state index in [0.717, 1.165) is 29.5 Å².